The normalized spacial score (nSPS) is 10.9. The summed E-state index contributed by atoms with van der Waals surface area (Å²) in [5.41, 5.74) is 0. The van der Waals surface area contributed by atoms with Gasteiger partial charge in [-0.15, -0.1) is 0 Å². The number of quaternary nitrogens is 2. The van der Waals surface area contributed by atoms with E-state index in [-0.39, 0.29) is 42.5 Å². The molecule has 8 heteroatoms. The lowest BCUT2D eigenvalue weighted by Gasteiger charge is -2.36. The number of carboxylic acids is 2. The van der Waals surface area contributed by atoms with Crippen molar-refractivity contribution >= 4 is 11.9 Å². The van der Waals surface area contributed by atoms with Gasteiger partial charge >= 0.3 is 11.9 Å². The van der Waals surface area contributed by atoms with Crippen LogP contribution in [0.4, 0.5) is 0 Å². The fourth-order valence-electron chi connectivity index (χ4n) is 4.57. The Labute approximate surface area is 202 Å². The molecule has 0 aliphatic heterocycles. The summed E-state index contributed by atoms with van der Waals surface area (Å²) >= 11 is 0. The maximum Gasteiger partial charge on any atom is 0.359 e. The average Bonchev–Trinajstić information content (AvgIpc) is 2.55. The van der Waals surface area contributed by atoms with Crippen molar-refractivity contribution < 1.29 is 58.2 Å². The minimum Gasteiger partial charge on any atom is -1.00 e. The molecule has 0 aromatic heterocycles. The van der Waals surface area contributed by atoms with Crippen LogP contribution in [-0.2, 0) is 9.59 Å². The zero-order valence-electron chi connectivity index (χ0n) is 20.3. The number of hydrogen-bond donors (Lipinski definition) is 2. The molecular formula is C22H48BrClN2O4. The molecule has 0 saturated heterocycles. The molecule has 184 valence electrons. The van der Waals surface area contributed by atoms with Crippen molar-refractivity contribution in [2.75, 3.05) is 52.4 Å². The van der Waals surface area contributed by atoms with Crippen molar-refractivity contribution in [1.29, 1.82) is 0 Å². The van der Waals surface area contributed by atoms with Gasteiger partial charge in [0.1, 0.15) is 0 Å². The highest BCUT2D eigenvalue weighted by molar-refractivity contribution is 5.68. The standard InChI is InChI=1S/2C11H23NO2.BrH.ClH/c2*1-4-7-12(8-5-2,9-6-3)10-11(13)14;;/h2*4-10H2,1-3H3;2*1H. The summed E-state index contributed by atoms with van der Waals surface area (Å²) in [5.74, 6) is -1.33. The van der Waals surface area contributed by atoms with Crippen LogP contribution in [0.5, 0.6) is 0 Å². The van der Waals surface area contributed by atoms with Crippen LogP contribution in [-0.4, -0.2) is 83.5 Å². The first kappa shape index (κ1) is 37.0. The quantitative estimate of drug-likeness (QED) is 0.237. The minimum atomic E-state index is -0.666. The first-order valence-corrected chi connectivity index (χ1v) is 11.3. The summed E-state index contributed by atoms with van der Waals surface area (Å²) < 4.78 is 1.53. The summed E-state index contributed by atoms with van der Waals surface area (Å²) in [7, 11) is 0. The first-order chi connectivity index (χ1) is 13.2. The second-order valence-corrected chi connectivity index (χ2v) is 8.13. The van der Waals surface area contributed by atoms with Gasteiger partial charge in [0.2, 0.25) is 0 Å². The highest BCUT2D eigenvalue weighted by Gasteiger charge is 2.28. The van der Waals surface area contributed by atoms with Crippen LogP contribution in [0, 0.1) is 0 Å². The average molecular weight is 520 g/mol. The van der Waals surface area contributed by atoms with Crippen molar-refractivity contribution in [2.45, 2.75) is 80.1 Å². The van der Waals surface area contributed by atoms with Crippen LogP contribution in [0.15, 0.2) is 0 Å². The highest BCUT2D eigenvalue weighted by atomic mass is 79.9. The molecule has 30 heavy (non-hydrogen) atoms. The molecule has 0 aliphatic carbocycles. The van der Waals surface area contributed by atoms with Gasteiger partial charge in [-0.2, -0.15) is 0 Å². The summed E-state index contributed by atoms with van der Waals surface area (Å²) in [6.45, 7) is 19.3. The SMILES string of the molecule is CCC[N+](CCC)(CCC)CC(=O)O.CCC[N+](CCC)(CCC)CC(=O)O.[Br-].[Cl-]. The molecule has 0 fully saturated rings. The lowest BCUT2D eigenvalue weighted by Crippen LogP contribution is -3.00. The van der Waals surface area contributed by atoms with Crippen LogP contribution in [0.25, 0.3) is 0 Å². The number of rotatable bonds is 16. The fraction of sp³-hybridized carbons (Fsp3) is 0.909. The Kier molecular flexibility index (Phi) is 26.9. The molecule has 6 nitrogen and oxygen atoms in total. The summed E-state index contributed by atoms with van der Waals surface area (Å²) in [5, 5.41) is 17.8. The smallest absolute Gasteiger partial charge is 0.359 e. The molecule has 0 saturated carbocycles. The van der Waals surface area contributed by atoms with Crippen LogP contribution in [0.3, 0.4) is 0 Å². The molecule has 0 amide bonds. The molecule has 0 unspecified atom stereocenters. The van der Waals surface area contributed by atoms with Gasteiger partial charge in [0.05, 0.1) is 39.3 Å². The number of hydrogen-bond acceptors (Lipinski definition) is 2. The van der Waals surface area contributed by atoms with E-state index in [0.717, 1.165) is 86.8 Å². The number of halogens is 2. The van der Waals surface area contributed by atoms with Gasteiger partial charge < -0.3 is 48.6 Å². The van der Waals surface area contributed by atoms with E-state index in [4.69, 9.17) is 10.2 Å². The molecule has 0 atom stereocenters. The van der Waals surface area contributed by atoms with Gasteiger partial charge in [-0.25, -0.2) is 9.59 Å². The van der Waals surface area contributed by atoms with E-state index in [0.29, 0.717) is 0 Å². The largest absolute Gasteiger partial charge is 1.00 e. The van der Waals surface area contributed by atoms with Crippen molar-refractivity contribution in [3.63, 3.8) is 0 Å². The van der Waals surface area contributed by atoms with E-state index in [1.165, 1.54) is 0 Å². The number of nitrogens with zero attached hydrogens (tertiary/aromatic N) is 2. The number of carbonyl (C=O) groups is 2. The third-order valence-electron chi connectivity index (χ3n) is 5.13. The van der Waals surface area contributed by atoms with Crippen molar-refractivity contribution in [3.05, 3.63) is 0 Å². The Morgan fingerprint density at radius 1 is 0.533 bits per heavy atom. The van der Waals surface area contributed by atoms with E-state index < -0.39 is 11.9 Å². The van der Waals surface area contributed by atoms with Crippen molar-refractivity contribution in [2.24, 2.45) is 0 Å². The van der Waals surface area contributed by atoms with Gasteiger partial charge in [0.15, 0.2) is 13.1 Å². The van der Waals surface area contributed by atoms with E-state index in [2.05, 4.69) is 41.5 Å². The van der Waals surface area contributed by atoms with Gasteiger partial charge in [-0.3, -0.25) is 0 Å². The van der Waals surface area contributed by atoms with Crippen LogP contribution in [0.2, 0.25) is 0 Å². The fourth-order valence-corrected chi connectivity index (χ4v) is 4.57. The van der Waals surface area contributed by atoms with Gasteiger partial charge in [0.25, 0.3) is 0 Å². The van der Waals surface area contributed by atoms with E-state index in [9.17, 15) is 9.59 Å². The summed E-state index contributed by atoms with van der Waals surface area (Å²) in [6.07, 6.45) is 6.38. The second kappa shape index (κ2) is 21.8. The van der Waals surface area contributed by atoms with E-state index >= 15 is 0 Å². The third-order valence-corrected chi connectivity index (χ3v) is 5.13. The molecule has 2 N–H and O–H groups in total. The maximum absolute atomic E-state index is 10.8. The molecule has 0 aromatic carbocycles. The summed E-state index contributed by atoms with van der Waals surface area (Å²) in [6, 6.07) is 0. The van der Waals surface area contributed by atoms with Gasteiger partial charge in [-0.1, -0.05) is 41.5 Å². The lowest BCUT2D eigenvalue weighted by molar-refractivity contribution is -0.921. The molecule has 0 radical (unpaired) electrons. The topological polar surface area (TPSA) is 74.6 Å². The molecule has 0 heterocycles. The molecule has 0 aromatic rings. The van der Waals surface area contributed by atoms with Gasteiger partial charge in [-0.05, 0) is 38.5 Å². The first-order valence-electron chi connectivity index (χ1n) is 11.3. The number of carboxylic acid groups (broad SMARTS) is 2. The Balaban J connectivity index is -0.000000211. The third kappa shape index (κ3) is 17.3. The maximum atomic E-state index is 10.8. The Morgan fingerprint density at radius 3 is 0.800 bits per heavy atom. The van der Waals surface area contributed by atoms with Crippen molar-refractivity contribution in [3.8, 4) is 0 Å². The van der Waals surface area contributed by atoms with Crippen LogP contribution in [0.1, 0.15) is 80.1 Å². The molecule has 0 spiro atoms. The predicted octanol–water partition coefficient (Wildman–Crippen LogP) is -1.76. The van der Waals surface area contributed by atoms with Crippen molar-refractivity contribution in [1.82, 2.24) is 0 Å². The van der Waals surface area contributed by atoms with Gasteiger partial charge in [0, 0.05) is 0 Å². The lowest BCUT2D eigenvalue weighted by atomic mass is 10.2. The molecule has 0 bridgehead atoms. The zero-order valence-corrected chi connectivity index (χ0v) is 22.6. The molecule has 0 rings (SSSR count). The zero-order chi connectivity index (χ0) is 22.1. The highest BCUT2D eigenvalue weighted by Crippen LogP contribution is 2.12. The van der Waals surface area contributed by atoms with E-state index in [1.807, 2.05) is 0 Å². The number of aliphatic carboxylic acids is 2. The van der Waals surface area contributed by atoms with Crippen LogP contribution >= 0.6 is 0 Å². The minimum absolute atomic E-state index is 0. The van der Waals surface area contributed by atoms with Crippen LogP contribution < -0.4 is 29.4 Å². The predicted molar refractivity (Wildman–Crippen MR) is 116 cm³/mol. The Hall–Kier alpha value is -0.370. The Morgan fingerprint density at radius 2 is 0.700 bits per heavy atom. The Bertz CT molecular complexity index is 354. The monoisotopic (exact) mass is 518 g/mol. The molecule has 0 aliphatic rings. The van der Waals surface area contributed by atoms with E-state index in [1.54, 1.807) is 0 Å². The summed E-state index contributed by atoms with van der Waals surface area (Å²) in [4.78, 5) is 21.6. The second-order valence-electron chi connectivity index (χ2n) is 8.13. The molecular weight excluding hydrogens is 472 g/mol.